The van der Waals surface area contributed by atoms with Crippen LogP contribution in [0.2, 0.25) is 5.02 Å². The van der Waals surface area contributed by atoms with Gasteiger partial charge in [0.2, 0.25) is 5.95 Å². The number of benzene rings is 1. The van der Waals surface area contributed by atoms with Crippen molar-refractivity contribution < 1.29 is 18.0 Å². The number of carbonyl (C=O) groups excluding carboxylic acids is 1. The SMILES string of the molecule is NC(=O)N(c1nc2c(c(C(F)F)n1)CCC2)c1c(F)cccc1Cl. The van der Waals surface area contributed by atoms with Crippen LogP contribution in [0.5, 0.6) is 0 Å². The summed E-state index contributed by atoms with van der Waals surface area (Å²) in [6.45, 7) is 0. The van der Waals surface area contributed by atoms with E-state index < -0.39 is 29.9 Å². The molecule has 0 bridgehead atoms. The molecule has 1 aliphatic rings. The largest absolute Gasteiger partial charge is 0.351 e. The van der Waals surface area contributed by atoms with Gasteiger partial charge in [0.05, 0.1) is 5.02 Å². The highest BCUT2D eigenvalue weighted by molar-refractivity contribution is 6.34. The first-order valence-electron chi connectivity index (χ1n) is 7.11. The Hall–Kier alpha value is -2.35. The van der Waals surface area contributed by atoms with Crippen LogP contribution >= 0.6 is 11.6 Å². The smallest absolute Gasteiger partial charge is 0.326 e. The summed E-state index contributed by atoms with van der Waals surface area (Å²) >= 11 is 5.94. The molecule has 1 heterocycles. The lowest BCUT2D eigenvalue weighted by Crippen LogP contribution is -2.34. The van der Waals surface area contributed by atoms with Crippen LogP contribution in [0.4, 0.5) is 29.6 Å². The van der Waals surface area contributed by atoms with E-state index in [-0.39, 0.29) is 10.7 Å². The van der Waals surface area contributed by atoms with Gasteiger partial charge in [0.15, 0.2) is 0 Å². The van der Waals surface area contributed by atoms with Crippen LogP contribution in [-0.2, 0) is 12.8 Å². The fraction of sp³-hybridized carbons (Fsp3) is 0.267. The summed E-state index contributed by atoms with van der Waals surface area (Å²) in [7, 11) is 0. The number of amides is 2. The van der Waals surface area contributed by atoms with Crippen molar-refractivity contribution in [1.29, 1.82) is 0 Å². The maximum absolute atomic E-state index is 14.1. The molecule has 0 atom stereocenters. The average molecular weight is 357 g/mol. The van der Waals surface area contributed by atoms with E-state index in [1.807, 2.05) is 0 Å². The standard InChI is InChI=1S/C15H12ClF3N4O/c16-8-4-2-5-9(17)12(8)23(14(20)24)15-21-10-6-1-3-7(10)11(22-15)13(18)19/h2,4-5,13H,1,3,6H2,(H2,20,24). The molecule has 0 saturated carbocycles. The van der Waals surface area contributed by atoms with Gasteiger partial charge < -0.3 is 5.73 Å². The van der Waals surface area contributed by atoms with Crippen LogP contribution in [0.1, 0.15) is 29.8 Å². The Morgan fingerprint density at radius 2 is 2.04 bits per heavy atom. The fourth-order valence-corrected chi connectivity index (χ4v) is 2.99. The minimum Gasteiger partial charge on any atom is -0.351 e. The average Bonchev–Trinajstić information content (AvgIpc) is 2.97. The lowest BCUT2D eigenvalue weighted by molar-refractivity contribution is 0.145. The third-order valence-electron chi connectivity index (χ3n) is 3.74. The van der Waals surface area contributed by atoms with Gasteiger partial charge in [-0.05, 0) is 31.4 Å². The first kappa shape index (κ1) is 16.5. The first-order chi connectivity index (χ1) is 11.4. The van der Waals surface area contributed by atoms with Gasteiger partial charge in [-0.1, -0.05) is 17.7 Å². The van der Waals surface area contributed by atoms with Gasteiger partial charge in [-0.25, -0.2) is 32.8 Å². The number of urea groups is 1. The molecule has 0 radical (unpaired) electrons. The Kier molecular flexibility index (Phi) is 4.31. The van der Waals surface area contributed by atoms with Crippen molar-refractivity contribution in [2.75, 3.05) is 4.90 Å². The zero-order valence-corrected chi connectivity index (χ0v) is 13.0. The molecule has 5 nitrogen and oxygen atoms in total. The minimum atomic E-state index is -2.84. The molecule has 2 N–H and O–H groups in total. The molecule has 0 unspecified atom stereocenters. The monoisotopic (exact) mass is 356 g/mol. The number of carbonyl (C=O) groups is 1. The predicted molar refractivity (Wildman–Crippen MR) is 82.1 cm³/mol. The molecular formula is C15H12ClF3N4O. The first-order valence-corrected chi connectivity index (χ1v) is 7.49. The van der Waals surface area contributed by atoms with Gasteiger partial charge in [0.1, 0.15) is 17.2 Å². The highest BCUT2D eigenvalue weighted by Crippen LogP contribution is 2.36. The molecule has 1 aliphatic carbocycles. The minimum absolute atomic E-state index is 0.114. The summed E-state index contributed by atoms with van der Waals surface area (Å²) in [5.41, 5.74) is 5.25. The summed E-state index contributed by atoms with van der Waals surface area (Å²) in [4.78, 5) is 20.3. The highest BCUT2D eigenvalue weighted by Gasteiger charge is 2.30. The van der Waals surface area contributed by atoms with E-state index in [9.17, 15) is 18.0 Å². The Labute approximate surface area is 140 Å². The topological polar surface area (TPSA) is 72.1 Å². The Morgan fingerprint density at radius 3 is 2.67 bits per heavy atom. The van der Waals surface area contributed by atoms with Gasteiger partial charge in [0.25, 0.3) is 6.43 Å². The lowest BCUT2D eigenvalue weighted by Gasteiger charge is -2.21. The number of primary amides is 1. The van der Waals surface area contributed by atoms with E-state index in [2.05, 4.69) is 9.97 Å². The van der Waals surface area contributed by atoms with E-state index in [0.29, 0.717) is 35.4 Å². The zero-order chi connectivity index (χ0) is 17.4. The molecule has 126 valence electrons. The van der Waals surface area contributed by atoms with Crippen molar-refractivity contribution in [2.24, 2.45) is 5.73 Å². The van der Waals surface area contributed by atoms with Crippen molar-refractivity contribution in [3.05, 3.63) is 46.0 Å². The van der Waals surface area contributed by atoms with Gasteiger partial charge >= 0.3 is 6.03 Å². The lowest BCUT2D eigenvalue weighted by atomic mass is 10.2. The second-order valence-electron chi connectivity index (χ2n) is 5.23. The van der Waals surface area contributed by atoms with Crippen molar-refractivity contribution in [2.45, 2.75) is 25.7 Å². The van der Waals surface area contributed by atoms with Crippen LogP contribution in [0, 0.1) is 5.82 Å². The number of rotatable bonds is 3. The maximum atomic E-state index is 14.1. The number of halogens is 4. The molecule has 1 aromatic carbocycles. The molecular weight excluding hydrogens is 345 g/mol. The van der Waals surface area contributed by atoms with E-state index in [4.69, 9.17) is 17.3 Å². The number of fused-ring (bicyclic) bond motifs is 1. The quantitative estimate of drug-likeness (QED) is 0.906. The van der Waals surface area contributed by atoms with Crippen molar-refractivity contribution in [3.8, 4) is 0 Å². The maximum Gasteiger partial charge on any atom is 0.326 e. The van der Waals surface area contributed by atoms with Gasteiger partial charge in [-0.2, -0.15) is 0 Å². The predicted octanol–water partition coefficient (Wildman–Crippen LogP) is 3.91. The van der Waals surface area contributed by atoms with Crippen LogP contribution in [0.25, 0.3) is 0 Å². The van der Waals surface area contributed by atoms with E-state index in [1.54, 1.807) is 0 Å². The van der Waals surface area contributed by atoms with Crippen LogP contribution in [0.15, 0.2) is 18.2 Å². The summed E-state index contributed by atoms with van der Waals surface area (Å²) in [6.07, 6.45) is -1.27. The van der Waals surface area contributed by atoms with E-state index in [0.717, 1.165) is 6.07 Å². The molecule has 0 spiro atoms. The Morgan fingerprint density at radius 1 is 1.29 bits per heavy atom. The molecule has 0 fully saturated rings. The Balaban J connectivity index is 2.21. The summed E-state index contributed by atoms with van der Waals surface area (Å²) in [5, 5.41) is -0.114. The third kappa shape index (κ3) is 2.77. The molecule has 1 aromatic heterocycles. The zero-order valence-electron chi connectivity index (χ0n) is 12.3. The summed E-state index contributed by atoms with van der Waals surface area (Å²) in [6, 6.07) is 2.63. The van der Waals surface area contributed by atoms with Crippen molar-refractivity contribution in [3.63, 3.8) is 0 Å². The second kappa shape index (κ2) is 6.27. The van der Waals surface area contributed by atoms with Crippen LogP contribution in [0.3, 0.4) is 0 Å². The molecule has 24 heavy (non-hydrogen) atoms. The number of anilines is 2. The number of aromatic nitrogens is 2. The number of hydrogen-bond donors (Lipinski definition) is 1. The van der Waals surface area contributed by atoms with Crippen molar-refractivity contribution in [1.82, 2.24) is 9.97 Å². The molecule has 2 amide bonds. The molecule has 3 rings (SSSR count). The molecule has 0 saturated heterocycles. The second-order valence-corrected chi connectivity index (χ2v) is 5.64. The number of nitrogens with two attached hydrogens (primary N) is 1. The van der Waals surface area contributed by atoms with E-state index in [1.165, 1.54) is 12.1 Å². The number of hydrogen-bond acceptors (Lipinski definition) is 3. The number of alkyl halides is 2. The summed E-state index contributed by atoms with van der Waals surface area (Å²) < 4.78 is 40.7. The van der Waals surface area contributed by atoms with Gasteiger partial charge in [-0.3, -0.25) is 0 Å². The third-order valence-corrected chi connectivity index (χ3v) is 4.05. The van der Waals surface area contributed by atoms with Gasteiger partial charge in [-0.15, -0.1) is 0 Å². The number of aryl methyl sites for hydroxylation is 1. The normalized spacial score (nSPS) is 13.2. The highest BCUT2D eigenvalue weighted by atomic mass is 35.5. The molecule has 9 heteroatoms. The van der Waals surface area contributed by atoms with Crippen LogP contribution < -0.4 is 10.6 Å². The number of para-hydroxylation sites is 1. The van der Waals surface area contributed by atoms with Gasteiger partial charge in [0, 0.05) is 11.3 Å². The Bertz CT molecular complexity index is 795. The van der Waals surface area contributed by atoms with Crippen molar-refractivity contribution >= 4 is 29.3 Å². The fourth-order valence-electron chi connectivity index (χ4n) is 2.74. The molecule has 0 aliphatic heterocycles. The number of nitrogens with zero attached hydrogens (tertiary/aromatic N) is 3. The van der Waals surface area contributed by atoms with Crippen LogP contribution in [-0.4, -0.2) is 16.0 Å². The summed E-state index contributed by atoms with van der Waals surface area (Å²) in [5.74, 6) is -1.26. The molecule has 2 aromatic rings. The van der Waals surface area contributed by atoms with E-state index >= 15 is 0 Å².